The molecule has 12 atom stereocenters. The molecule has 0 aromatic heterocycles. The second-order valence-corrected chi connectivity index (χ2v) is 22.6. The molecule has 2 fully saturated rings. The zero-order valence-corrected chi connectivity index (χ0v) is 45.3. The quantitative estimate of drug-likeness (QED) is 0.0525. The molecule has 76 heavy (non-hydrogen) atoms. The molecule has 15 N–H and O–H groups in total. The van der Waals surface area contributed by atoms with Crippen LogP contribution in [0.25, 0.3) is 0 Å². The van der Waals surface area contributed by atoms with Gasteiger partial charge in [0.05, 0.1) is 30.7 Å². The van der Waals surface area contributed by atoms with Crippen molar-refractivity contribution in [2.24, 2.45) is 29.2 Å². The predicted octanol–water partition coefficient (Wildman–Crippen LogP) is -1.44. The Kier molecular flexibility index (Phi) is 23.5. The number of carbonyl (C=O) groups excluding carboxylic acids is 9. The van der Waals surface area contributed by atoms with Crippen LogP contribution in [0.2, 0.25) is 0 Å². The maximum atomic E-state index is 14.8. The first-order valence-corrected chi connectivity index (χ1v) is 28.3. The number of benzene rings is 1. The summed E-state index contributed by atoms with van der Waals surface area (Å²) < 4.78 is 0. The molecule has 3 unspecified atom stereocenters. The number of carbonyl (C=O) groups is 9. The van der Waals surface area contributed by atoms with Gasteiger partial charge in [0.1, 0.15) is 42.2 Å². The van der Waals surface area contributed by atoms with Crippen LogP contribution in [0, 0.1) is 17.8 Å². The van der Waals surface area contributed by atoms with E-state index < -0.39 is 114 Å². The summed E-state index contributed by atoms with van der Waals surface area (Å²) in [6.45, 7) is 6.95. The van der Waals surface area contributed by atoms with Gasteiger partial charge in [-0.2, -0.15) is 0 Å². The van der Waals surface area contributed by atoms with E-state index in [9.17, 15) is 53.4 Å². The number of phenols is 1. The molecule has 3 aliphatic heterocycles. The van der Waals surface area contributed by atoms with Gasteiger partial charge in [-0.15, -0.1) is 0 Å². The highest BCUT2D eigenvalue weighted by Crippen LogP contribution is 2.31. The number of hydrogen-bond donors (Lipinski definition) is 13. The molecule has 9 amide bonds. The number of hydrogen-bond acceptors (Lipinski definition) is 16. The van der Waals surface area contributed by atoms with Crippen LogP contribution in [0.5, 0.6) is 5.75 Å². The Hall–Kier alpha value is -6.15. The van der Waals surface area contributed by atoms with Gasteiger partial charge in [-0.25, -0.2) is 0 Å². The van der Waals surface area contributed by atoms with Crippen LogP contribution in [0.1, 0.15) is 78.2 Å². The zero-order chi connectivity index (χ0) is 55.6. The maximum absolute atomic E-state index is 14.8. The van der Waals surface area contributed by atoms with Gasteiger partial charge in [-0.3, -0.25) is 48.5 Å². The first kappa shape index (κ1) is 60.7. The maximum Gasteiger partial charge on any atom is 0.243 e. The second kappa shape index (κ2) is 29.4. The lowest BCUT2D eigenvalue weighted by Crippen LogP contribution is -2.62. The van der Waals surface area contributed by atoms with Gasteiger partial charge in [-0.1, -0.05) is 92.1 Å². The number of amides is 9. The number of fused-ring (bicyclic) bond motifs is 2. The fourth-order valence-electron chi connectivity index (χ4n) is 9.31. The SMILES string of the molecule is CCC(C)[C@H](N[C@@H](O)[C@H](CC1=CNC2C=CC=CC12)NC(=O)[C@@H]1CSSC[C@H](NC)C(=O)N2CCC[C@H]2C(=O)N[C@@H](Cc2ccc(O)cc2)C(=O)NCC(=O)N[C@@H](CC(C)C)C(=O)N1)C(=O)N[C@@H](CCC(N)=O)C(N)=O. The third-order valence-electron chi connectivity index (χ3n) is 13.8. The van der Waals surface area contributed by atoms with E-state index in [-0.39, 0.29) is 79.7 Å². The second-order valence-electron chi connectivity index (χ2n) is 20.0. The largest absolute Gasteiger partial charge is 0.508 e. The molecule has 3 heterocycles. The van der Waals surface area contributed by atoms with E-state index in [1.165, 1.54) is 38.6 Å². The average Bonchev–Trinajstić information content (AvgIpc) is 4.05. The van der Waals surface area contributed by atoms with E-state index in [1.54, 1.807) is 32.3 Å². The minimum Gasteiger partial charge on any atom is -0.508 e. The van der Waals surface area contributed by atoms with Gasteiger partial charge in [0.15, 0.2) is 0 Å². The summed E-state index contributed by atoms with van der Waals surface area (Å²) in [6.07, 6.45) is 9.03. The van der Waals surface area contributed by atoms with Gasteiger partial charge in [0.25, 0.3) is 0 Å². The van der Waals surface area contributed by atoms with Crippen molar-refractivity contribution in [3.63, 3.8) is 0 Å². The molecule has 0 bridgehead atoms. The smallest absolute Gasteiger partial charge is 0.243 e. The first-order valence-electron chi connectivity index (χ1n) is 25.8. The number of aliphatic hydroxyl groups excluding tert-OH is 1. The summed E-state index contributed by atoms with van der Waals surface area (Å²) >= 11 is 0. The predicted molar refractivity (Wildman–Crippen MR) is 288 cm³/mol. The molecule has 1 aromatic carbocycles. The zero-order valence-electron chi connectivity index (χ0n) is 43.7. The number of nitrogens with zero attached hydrogens (tertiary/aromatic N) is 1. The number of allylic oxidation sites excluding steroid dienone is 2. The summed E-state index contributed by atoms with van der Waals surface area (Å²) in [7, 11) is 4.04. The molecule has 0 spiro atoms. The van der Waals surface area contributed by atoms with Crippen molar-refractivity contribution in [1.82, 2.24) is 52.8 Å². The van der Waals surface area contributed by atoms with E-state index in [2.05, 4.69) is 47.9 Å². The van der Waals surface area contributed by atoms with Crippen molar-refractivity contribution in [3.8, 4) is 5.75 Å². The highest BCUT2D eigenvalue weighted by molar-refractivity contribution is 8.76. The number of phenolic OH excluding ortho intramolecular Hbond substituents is 1. The lowest BCUT2D eigenvalue weighted by Gasteiger charge is -2.33. The van der Waals surface area contributed by atoms with E-state index >= 15 is 0 Å². The Morgan fingerprint density at radius 3 is 2.28 bits per heavy atom. The van der Waals surface area contributed by atoms with E-state index in [4.69, 9.17) is 11.5 Å². The lowest BCUT2D eigenvalue weighted by atomic mass is 9.87. The van der Waals surface area contributed by atoms with Gasteiger partial charge in [-0.05, 0) is 80.5 Å². The third kappa shape index (κ3) is 17.7. The summed E-state index contributed by atoms with van der Waals surface area (Å²) in [5.74, 6) is -6.73. The number of primary amides is 2. The van der Waals surface area contributed by atoms with Crippen LogP contribution < -0.4 is 59.3 Å². The van der Waals surface area contributed by atoms with Gasteiger partial charge in [0.2, 0.25) is 53.2 Å². The average molecular weight is 1100 g/mol. The van der Waals surface area contributed by atoms with Crippen LogP contribution in [0.4, 0.5) is 0 Å². The Balaban J connectivity index is 1.44. The van der Waals surface area contributed by atoms with Crippen molar-refractivity contribution in [2.45, 2.75) is 140 Å². The van der Waals surface area contributed by atoms with E-state index in [0.29, 0.717) is 24.8 Å². The number of aromatic hydroxyl groups is 1. The highest BCUT2D eigenvalue weighted by Gasteiger charge is 2.40. The van der Waals surface area contributed by atoms with Crippen molar-refractivity contribution in [2.75, 3.05) is 31.6 Å². The summed E-state index contributed by atoms with van der Waals surface area (Å²) in [6, 6.07) is -2.96. The molecule has 5 rings (SSSR count). The van der Waals surface area contributed by atoms with Crippen molar-refractivity contribution in [1.29, 1.82) is 0 Å². The van der Waals surface area contributed by atoms with Crippen LogP contribution in [0.3, 0.4) is 0 Å². The molecule has 23 nitrogen and oxygen atoms in total. The molecule has 418 valence electrons. The fraction of sp³-hybridized carbons (Fsp3) is 0.588. The molecular formula is C51H76N12O11S2. The van der Waals surface area contributed by atoms with Crippen LogP contribution in [0.15, 0.2) is 60.3 Å². The molecule has 1 aromatic rings. The van der Waals surface area contributed by atoms with Crippen LogP contribution >= 0.6 is 21.6 Å². The third-order valence-corrected chi connectivity index (χ3v) is 16.3. The summed E-state index contributed by atoms with van der Waals surface area (Å²) in [4.78, 5) is 124. The monoisotopic (exact) mass is 1100 g/mol. The highest BCUT2D eigenvalue weighted by atomic mass is 33.1. The van der Waals surface area contributed by atoms with E-state index in [0.717, 1.165) is 5.57 Å². The van der Waals surface area contributed by atoms with Crippen molar-refractivity contribution < 1.29 is 53.4 Å². The minimum absolute atomic E-state index is 0.000175. The standard InChI is InChI=1S/C51H76N12O11S2/c1-6-28(4)43(50(73)58-34(44(53)67)17-18-41(52)65)62-47(70)37(22-30-23-55-33-11-8-7-10-32(30)33)59-48(71)38-25-75-76-26-39(54-5)51(74)63-19-9-12-40(63)49(72)60-36(21-29-13-15-31(64)16-14-29)45(68)56-24-42(66)57-35(20-27(2)3)46(69)61-38/h7-8,10-11,13-16,23,27-28,32-40,43,47,54-55,62,64,70H,6,9,12,17-22,24-26H2,1-5H3,(H2,52,65)(H2,53,67)(H,56,68)(H,57,66)(H,58,73)(H,59,71)(H,60,72)(H,61,69)/t28?,32?,33?,34-,35-,36-,37-,38-,39-,40-,43-,47-/m0/s1. The molecule has 1 aliphatic carbocycles. The van der Waals surface area contributed by atoms with Gasteiger partial charge >= 0.3 is 0 Å². The Bertz CT molecular complexity index is 2340. The summed E-state index contributed by atoms with van der Waals surface area (Å²) in [5.41, 5.74) is 12.3. The number of rotatable bonds is 20. The molecule has 0 saturated carbocycles. The summed E-state index contributed by atoms with van der Waals surface area (Å²) in [5, 5.41) is 47.8. The molecular weight excluding hydrogens is 1020 g/mol. The fourth-order valence-corrected chi connectivity index (χ4v) is 11.7. The number of likely N-dealkylation sites (N-methyl/N-ethyl adjacent to an activating group) is 1. The van der Waals surface area contributed by atoms with Crippen molar-refractivity contribution >= 4 is 74.8 Å². The molecule has 0 radical (unpaired) electrons. The minimum atomic E-state index is -1.62. The van der Waals surface area contributed by atoms with Crippen molar-refractivity contribution in [3.05, 3.63) is 65.9 Å². The Morgan fingerprint density at radius 1 is 0.895 bits per heavy atom. The number of nitrogens with two attached hydrogens (primary N) is 2. The van der Waals surface area contributed by atoms with E-state index in [1.807, 2.05) is 45.1 Å². The first-order chi connectivity index (χ1) is 36.2. The molecule has 2 saturated heterocycles. The topological polar surface area (TPSA) is 358 Å². The number of aliphatic hydroxyl groups is 1. The number of nitrogens with one attached hydrogen (secondary N) is 9. The molecule has 4 aliphatic rings. The Morgan fingerprint density at radius 2 is 1.61 bits per heavy atom. The van der Waals surface area contributed by atoms with Crippen LogP contribution in [-0.4, -0.2) is 161 Å². The van der Waals surface area contributed by atoms with Crippen LogP contribution in [-0.2, 0) is 49.6 Å². The lowest BCUT2D eigenvalue weighted by molar-refractivity contribution is -0.140. The molecule has 25 heteroatoms. The normalized spacial score (nSPS) is 25.7. The Labute approximate surface area is 451 Å². The van der Waals surface area contributed by atoms with Gasteiger partial charge < -0.3 is 69.1 Å². The van der Waals surface area contributed by atoms with Gasteiger partial charge in [0, 0.05) is 36.8 Å².